The summed E-state index contributed by atoms with van der Waals surface area (Å²) >= 11 is 0. The molecule has 1 unspecified atom stereocenters. The average molecular weight is 521 g/mol. The number of nitrogens with zero attached hydrogens (tertiary/aromatic N) is 4. The van der Waals surface area contributed by atoms with Gasteiger partial charge in [-0.05, 0) is 63.8 Å². The van der Waals surface area contributed by atoms with E-state index in [0.717, 1.165) is 0 Å². The van der Waals surface area contributed by atoms with E-state index < -0.39 is 23.5 Å². The number of urea groups is 1. The zero-order chi connectivity index (χ0) is 27.6. The van der Waals surface area contributed by atoms with E-state index >= 15 is 4.39 Å². The zero-order valence-corrected chi connectivity index (χ0v) is 21.9. The van der Waals surface area contributed by atoms with Crippen LogP contribution in [0.3, 0.4) is 0 Å². The fourth-order valence-electron chi connectivity index (χ4n) is 4.11. The summed E-state index contributed by atoms with van der Waals surface area (Å²) in [7, 11) is 0. The summed E-state index contributed by atoms with van der Waals surface area (Å²) in [5.74, 6) is 0.0480. The summed E-state index contributed by atoms with van der Waals surface area (Å²) in [5, 5.41) is 15.2. The highest BCUT2D eigenvalue weighted by Gasteiger charge is 2.32. The number of nitriles is 1. The topological polar surface area (TPSA) is 129 Å². The van der Waals surface area contributed by atoms with Crippen molar-refractivity contribution in [2.75, 3.05) is 23.4 Å². The van der Waals surface area contributed by atoms with Crippen molar-refractivity contribution in [3.8, 4) is 23.1 Å². The van der Waals surface area contributed by atoms with E-state index in [4.69, 9.17) is 14.7 Å². The number of pyridine rings is 2. The standard InChI is InChI=1S/C27H29FN6O4/c1-15(6-7-29)32-25(35)33-22-12-17-10-19(21(28)11-18(17)13-30-22)20-14-31-24-23(16(20)2)34(8-9-37-24)26(36)38-27(3,4)5/h10-15H,6,8-9H2,1-5H3,(H2,30,32,33,35). The number of halogens is 1. The van der Waals surface area contributed by atoms with Crippen molar-refractivity contribution in [3.63, 3.8) is 0 Å². The molecule has 1 atom stereocenters. The minimum atomic E-state index is -0.691. The molecule has 0 spiro atoms. The monoisotopic (exact) mass is 520 g/mol. The van der Waals surface area contributed by atoms with Gasteiger partial charge in [-0.2, -0.15) is 5.26 Å². The second-order valence-electron chi connectivity index (χ2n) is 10.0. The van der Waals surface area contributed by atoms with Gasteiger partial charge in [-0.1, -0.05) is 0 Å². The third kappa shape index (κ3) is 5.75. The highest BCUT2D eigenvalue weighted by molar-refractivity contribution is 5.96. The van der Waals surface area contributed by atoms with Gasteiger partial charge in [-0.25, -0.2) is 23.9 Å². The molecule has 3 heterocycles. The van der Waals surface area contributed by atoms with Crippen molar-refractivity contribution in [2.45, 2.75) is 52.7 Å². The van der Waals surface area contributed by atoms with Crippen LogP contribution in [0.25, 0.3) is 21.9 Å². The molecule has 0 saturated heterocycles. The number of nitrogens with one attached hydrogen (secondary N) is 2. The average Bonchev–Trinajstić information content (AvgIpc) is 2.83. The second kappa shape index (κ2) is 10.5. The number of aromatic nitrogens is 2. The number of benzene rings is 1. The van der Waals surface area contributed by atoms with Crippen LogP contribution in [0.15, 0.2) is 30.6 Å². The van der Waals surface area contributed by atoms with E-state index in [2.05, 4.69) is 20.6 Å². The van der Waals surface area contributed by atoms with Crippen molar-refractivity contribution in [2.24, 2.45) is 0 Å². The molecule has 38 heavy (non-hydrogen) atoms. The minimum Gasteiger partial charge on any atom is -0.474 e. The highest BCUT2D eigenvalue weighted by Crippen LogP contribution is 2.40. The molecule has 3 amide bonds. The predicted octanol–water partition coefficient (Wildman–Crippen LogP) is 5.30. The van der Waals surface area contributed by atoms with Crippen LogP contribution in [0, 0.1) is 24.1 Å². The molecule has 2 N–H and O–H groups in total. The molecular formula is C27H29FN6O4. The van der Waals surface area contributed by atoms with E-state index in [1.54, 1.807) is 46.8 Å². The lowest BCUT2D eigenvalue weighted by Crippen LogP contribution is -2.42. The Bertz CT molecular complexity index is 1450. The Labute approximate surface area is 219 Å². The number of rotatable bonds is 4. The van der Waals surface area contributed by atoms with Gasteiger partial charge in [0.1, 0.15) is 29.5 Å². The fraction of sp³-hybridized carbons (Fsp3) is 0.370. The van der Waals surface area contributed by atoms with Crippen LogP contribution in [-0.4, -0.2) is 46.9 Å². The van der Waals surface area contributed by atoms with Crippen LogP contribution in [0.2, 0.25) is 0 Å². The maximum Gasteiger partial charge on any atom is 0.415 e. The highest BCUT2D eigenvalue weighted by atomic mass is 19.1. The molecule has 10 nitrogen and oxygen atoms in total. The maximum atomic E-state index is 15.3. The Kier molecular flexibility index (Phi) is 7.35. The van der Waals surface area contributed by atoms with Crippen molar-refractivity contribution in [1.29, 1.82) is 5.26 Å². The lowest BCUT2D eigenvalue weighted by atomic mass is 9.98. The molecule has 198 valence electrons. The molecule has 1 aromatic carbocycles. The number of hydrogen-bond donors (Lipinski definition) is 2. The third-order valence-electron chi connectivity index (χ3n) is 5.82. The van der Waals surface area contributed by atoms with Gasteiger partial charge in [0.05, 0.1) is 19.0 Å². The van der Waals surface area contributed by atoms with Crippen molar-refractivity contribution in [3.05, 3.63) is 42.0 Å². The van der Waals surface area contributed by atoms with Gasteiger partial charge in [0.25, 0.3) is 0 Å². The van der Waals surface area contributed by atoms with Crippen LogP contribution >= 0.6 is 0 Å². The molecule has 0 aliphatic carbocycles. The van der Waals surface area contributed by atoms with E-state index in [-0.39, 0.29) is 42.9 Å². The first-order valence-corrected chi connectivity index (χ1v) is 12.1. The largest absolute Gasteiger partial charge is 0.474 e. The summed E-state index contributed by atoms with van der Waals surface area (Å²) < 4.78 is 26.6. The summed E-state index contributed by atoms with van der Waals surface area (Å²) in [6.07, 6.45) is 2.62. The van der Waals surface area contributed by atoms with Crippen molar-refractivity contribution < 1.29 is 23.5 Å². The first-order chi connectivity index (χ1) is 18.0. The van der Waals surface area contributed by atoms with Crippen LogP contribution in [-0.2, 0) is 4.74 Å². The number of anilines is 2. The minimum absolute atomic E-state index is 0.172. The summed E-state index contributed by atoms with van der Waals surface area (Å²) in [4.78, 5) is 35.2. The van der Waals surface area contributed by atoms with Crippen LogP contribution < -0.4 is 20.3 Å². The van der Waals surface area contributed by atoms with Gasteiger partial charge in [0.15, 0.2) is 0 Å². The Morgan fingerprint density at radius 2 is 1.97 bits per heavy atom. The molecule has 2 aromatic heterocycles. The summed E-state index contributed by atoms with van der Waals surface area (Å²) in [6, 6.07) is 5.80. The van der Waals surface area contributed by atoms with Gasteiger partial charge >= 0.3 is 12.1 Å². The zero-order valence-electron chi connectivity index (χ0n) is 21.9. The lowest BCUT2D eigenvalue weighted by Gasteiger charge is -2.32. The van der Waals surface area contributed by atoms with Gasteiger partial charge in [0, 0.05) is 34.9 Å². The third-order valence-corrected chi connectivity index (χ3v) is 5.82. The van der Waals surface area contributed by atoms with Crippen LogP contribution in [0.1, 0.15) is 39.7 Å². The summed E-state index contributed by atoms with van der Waals surface area (Å²) in [5.41, 5.74) is 1.10. The molecule has 0 radical (unpaired) electrons. The molecule has 1 aliphatic rings. The van der Waals surface area contributed by atoms with Crippen LogP contribution in [0.5, 0.6) is 5.88 Å². The van der Waals surface area contributed by atoms with Crippen LogP contribution in [0.4, 0.5) is 25.5 Å². The van der Waals surface area contributed by atoms with E-state index in [1.807, 2.05) is 6.07 Å². The first-order valence-electron chi connectivity index (χ1n) is 12.1. The first kappa shape index (κ1) is 26.6. The fourth-order valence-corrected chi connectivity index (χ4v) is 4.11. The predicted molar refractivity (Wildman–Crippen MR) is 141 cm³/mol. The van der Waals surface area contributed by atoms with Gasteiger partial charge in [-0.3, -0.25) is 10.2 Å². The second-order valence-corrected chi connectivity index (χ2v) is 10.0. The van der Waals surface area contributed by atoms with Crippen molar-refractivity contribution in [1.82, 2.24) is 15.3 Å². The van der Waals surface area contributed by atoms with Crippen molar-refractivity contribution >= 4 is 34.4 Å². The van der Waals surface area contributed by atoms with E-state index in [0.29, 0.717) is 27.6 Å². The number of ether oxygens (including phenoxy) is 2. The molecule has 1 aliphatic heterocycles. The Morgan fingerprint density at radius 3 is 2.68 bits per heavy atom. The SMILES string of the molecule is Cc1c(-c2cc3cc(NC(=O)NC(C)CC#N)ncc3cc2F)cnc2c1N(C(=O)OC(C)(C)C)CCO2. The molecule has 4 rings (SSSR count). The number of amides is 3. The van der Waals surface area contributed by atoms with E-state index in [9.17, 15) is 9.59 Å². The Hall–Kier alpha value is -4.46. The molecule has 0 bridgehead atoms. The number of fused-ring (bicyclic) bond motifs is 2. The summed E-state index contributed by atoms with van der Waals surface area (Å²) in [6.45, 7) is 9.37. The van der Waals surface area contributed by atoms with Gasteiger partial charge < -0.3 is 14.8 Å². The van der Waals surface area contributed by atoms with Gasteiger partial charge in [0.2, 0.25) is 5.88 Å². The smallest absolute Gasteiger partial charge is 0.415 e. The number of hydrogen-bond acceptors (Lipinski definition) is 7. The molecule has 3 aromatic rings. The Morgan fingerprint density at radius 1 is 1.21 bits per heavy atom. The molecule has 0 saturated carbocycles. The lowest BCUT2D eigenvalue weighted by molar-refractivity contribution is 0.0566. The Balaban J connectivity index is 1.70. The number of carbonyl (C=O) groups excluding carboxylic acids is 2. The normalized spacial score (nSPS) is 13.7. The van der Waals surface area contributed by atoms with E-state index in [1.165, 1.54) is 23.4 Å². The molecular weight excluding hydrogens is 491 g/mol. The maximum absolute atomic E-state index is 15.3. The van der Waals surface area contributed by atoms with Gasteiger partial charge in [-0.15, -0.1) is 0 Å². The number of carbonyl (C=O) groups is 2. The quantitative estimate of drug-likeness (QED) is 0.477. The molecule has 0 fully saturated rings. The molecule has 11 heteroatoms.